The topological polar surface area (TPSA) is 88.5 Å². The number of thiophene rings is 1. The van der Waals surface area contributed by atoms with Crippen LogP contribution < -0.4 is 10.1 Å². The number of carbonyl (C=O) groups is 2. The number of rotatable bonds is 6. The van der Waals surface area contributed by atoms with Gasteiger partial charge in [-0.25, -0.2) is 4.79 Å². The number of pyridine rings is 1. The lowest BCUT2D eigenvalue weighted by Gasteiger charge is -2.13. The lowest BCUT2D eigenvalue weighted by molar-refractivity contribution is 0.0700. The second kappa shape index (κ2) is 7.44. The van der Waals surface area contributed by atoms with Crippen LogP contribution >= 0.6 is 11.3 Å². The summed E-state index contributed by atoms with van der Waals surface area (Å²) in [6.07, 6.45) is 6.75. The molecular weight excluding hydrogens is 328 g/mol. The van der Waals surface area contributed by atoms with Crippen LogP contribution in [0.5, 0.6) is 5.75 Å². The minimum atomic E-state index is -0.947. The highest BCUT2D eigenvalue weighted by Crippen LogP contribution is 2.34. The van der Waals surface area contributed by atoms with E-state index < -0.39 is 5.97 Å². The maximum absolute atomic E-state index is 12.4. The van der Waals surface area contributed by atoms with Gasteiger partial charge >= 0.3 is 5.97 Å². The SMILES string of the molecule is O=C(O)c1sc(C(=O)NCCOc2cccnc2)c2c1CCCC2. The van der Waals surface area contributed by atoms with E-state index in [1.54, 1.807) is 24.5 Å². The third-order valence-corrected chi connectivity index (χ3v) is 5.17. The normalized spacial score (nSPS) is 13.2. The van der Waals surface area contributed by atoms with Gasteiger partial charge < -0.3 is 15.2 Å². The van der Waals surface area contributed by atoms with Gasteiger partial charge in [-0.3, -0.25) is 9.78 Å². The van der Waals surface area contributed by atoms with Gasteiger partial charge in [0.25, 0.3) is 5.91 Å². The van der Waals surface area contributed by atoms with Crippen LogP contribution in [0, 0.1) is 0 Å². The molecule has 0 unspecified atom stereocenters. The van der Waals surface area contributed by atoms with Gasteiger partial charge in [-0.1, -0.05) is 0 Å². The smallest absolute Gasteiger partial charge is 0.346 e. The molecule has 1 aliphatic rings. The first-order valence-corrected chi connectivity index (χ1v) is 8.67. The van der Waals surface area contributed by atoms with E-state index in [1.165, 1.54) is 0 Å². The Balaban J connectivity index is 1.62. The summed E-state index contributed by atoms with van der Waals surface area (Å²) in [7, 11) is 0. The Labute approximate surface area is 143 Å². The lowest BCUT2D eigenvalue weighted by Crippen LogP contribution is -2.28. The number of carboxylic acids is 1. The van der Waals surface area contributed by atoms with E-state index in [0.29, 0.717) is 28.7 Å². The number of ether oxygens (including phenoxy) is 1. The number of carbonyl (C=O) groups excluding carboxylic acids is 1. The Hall–Kier alpha value is -2.41. The largest absolute Gasteiger partial charge is 0.490 e. The Kier molecular flexibility index (Phi) is 5.10. The zero-order chi connectivity index (χ0) is 16.9. The number of hydrogen-bond acceptors (Lipinski definition) is 5. The molecular formula is C17H18N2O4S. The van der Waals surface area contributed by atoms with Crippen LogP contribution in [-0.4, -0.2) is 35.1 Å². The molecule has 3 rings (SSSR count). The van der Waals surface area contributed by atoms with Gasteiger partial charge in [0.2, 0.25) is 0 Å². The molecule has 0 radical (unpaired) electrons. The maximum atomic E-state index is 12.4. The second-order valence-corrected chi connectivity index (χ2v) is 6.54. The molecule has 126 valence electrons. The molecule has 2 heterocycles. The second-order valence-electron chi connectivity index (χ2n) is 5.52. The molecule has 0 bridgehead atoms. The summed E-state index contributed by atoms with van der Waals surface area (Å²) < 4.78 is 5.48. The van der Waals surface area contributed by atoms with E-state index in [2.05, 4.69) is 10.3 Å². The molecule has 0 aliphatic heterocycles. The van der Waals surface area contributed by atoms with Gasteiger partial charge in [-0.2, -0.15) is 0 Å². The van der Waals surface area contributed by atoms with E-state index >= 15 is 0 Å². The predicted molar refractivity (Wildman–Crippen MR) is 90.0 cm³/mol. The van der Waals surface area contributed by atoms with Crippen LogP contribution in [0.15, 0.2) is 24.5 Å². The molecule has 0 aromatic carbocycles. The van der Waals surface area contributed by atoms with E-state index in [0.717, 1.165) is 48.1 Å². The number of fused-ring (bicyclic) bond motifs is 1. The summed E-state index contributed by atoms with van der Waals surface area (Å²) >= 11 is 1.08. The molecule has 2 aromatic heterocycles. The summed E-state index contributed by atoms with van der Waals surface area (Å²) in [5.74, 6) is -0.522. The highest BCUT2D eigenvalue weighted by molar-refractivity contribution is 7.16. The van der Waals surface area contributed by atoms with Crippen molar-refractivity contribution < 1.29 is 19.4 Å². The fourth-order valence-electron chi connectivity index (χ4n) is 2.83. The monoisotopic (exact) mass is 346 g/mol. The van der Waals surface area contributed by atoms with Gasteiger partial charge in [-0.15, -0.1) is 11.3 Å². The van der Waals surface area contributed by atoms with E-state index in [-0.39, 0.29) is 5.91 Å². The van der Waals surface area contributed by atoms with Gasteiger partial charge in [0, 0.05) is 6.20 Å². The molecule has 0 fully saturated rings. The highest BCUT2D eigenvalue weighted by Gasteiger charge is 2.27. The highest BCUT2D eigenvalue weighted by atomic mass is 32.1. The fourth-order valence-corrected chi connectivity index (χ4v) is 3.99. The van der Waals surface area contributed by atoms with E-state index in [9.17, 15) is 14.7 Å². The number of nitrogens with zero attached hydrogens (tertiary/aromatic N) is 1. The molecule has 2 N–H and O–H groups in total. The maximum Gasteiger partial charge on any atom is 0.346 e. The zero-order valence-electron chi connectivity index (χ0n) is 13.1. The van der Waals surface area contributed by atoms with Crippen molar-refractivity contribution in [2.45, 2.75) is 25.7 Å². The van der Waals surface area contributed by atoms with Crippen molar-refractivity contribution in [3.05, 3.63) is 45.4 Å². The Morgan fingerprint density at radius 1 is 1.25 bits per heavy atom. The summed E-state index contributed by atoms with van der Waals surface area (Å²) in [5, 5.41) is 12.1. The number of aromatic nitrogens is 1. The minimum Gasteiger partial charge on any atom is -0.490 e. The number of aromatic carboxylic acids is 1. The molecule has 1 aliphatic carbocycles. The summed E-state index contributed by atoms with van der Waals surface area (Å²) in [5.41, 5.74) is 1.75. The third-order valence-electron chi connectivity index (χ3n) is 3.91. The van der Waals surface area contributed by atoms with Gasteiger partial charge in [0.1, 0.15) is 17.2 Å². The molecule has 7 heteroatoms. The third kappa shape index (κ3) is 3.56. The van der Waals surface area contributed by atoms with Crippen LogP contribution in [0.25, 0.3) is 0 Å². The summed E-state index contributed by atoms with van der Waals surface area (Å²) in [6.45, 7) is 0.680. The Morgan fingerprint density at radius 3 is 2.67 bits per heavy atom. The lowest BCUT2D eigenvalue weighted by atomic mass is 9.92. The van der Waals surface area contributed by atoms with Gasteiger partial charge in [0.15, 0.2) is 0 Å². The van der Waals surface area contributed by atoms with Crippen LogP contribution in [0.2, 0.25) is 0 Å². The fraction of sp³-hybridized carbons (Fsp3) is 0.353. The number of amides is 1. The van der Waals surface area contributed by atoms with Crippen molar-refractivity contribution in [2.75, 3.05) is 13.2 Å². The van der Waals surface area contributed by atoms with E-state index in [4.69, 9.17) is 4.74 Å². The molecule has 2 aromatic rings. The molecule has 0 saturated heterocycles. The Morgan fingerprint density at radius 2 is 2.00 bits per heavy atom. The zero-order valence-corrected chi connectivity index (χ0v) is 13.9. The first-order valence-electron chi connectivity index (χ1n) is 7.85. The van der Waals surface area contributed by atoms with Crippen LogP contribution in [0.4, 0.5) is 0 Å². The molecule has 0 saturated carbocycles. The molecule has 6 nitrogen and oxygen atoms in total. The Bertz CT molecular complexity index is 743. The molecule has 24 heavy (non-hydrogen) atoms. The quantitative estimate of drug-likeness (QED) is 0.785. The average Bonchev–Trinajstić information content (AvgIpc) is 2.99. The van der Waals surface area contributed by atoms with Crippen LogP contribution in [0.1, 0.15) is 43.3 Å². The molecule has 0 atom stereocenters. The number of carboxylic acid groups (broad SMARTS) is 1. The van der Waals surface area contributed by atoms with Crippen molar-refractivity contribution in [3.63, 3.8) is 0 Å². The van der Waals surface area contributed by atoms with Crippen molar-refractivity contribution >= 4 is 23.2 Å². The van der Waals surface area contributed by atoms with Crippen LogP contribution in [-0.2, 0) is 12.8 Å². The van der Waals surface area contributed by atoms with Gasteiger partial charge in [-0.05, 0) is 48.9 Å². The summed E-state index contributed by atoms with van der Waals surface area (Å²) in [4.78, 5) is 28.6. The first kappa shape index (κ1) is 16.4. The number of nitrogens with one attached hydrogen (secondary N) is 1. The van der Waals surface area contributed by atoms with Crippen LogP contribution in [0.3, 0.4) is 0 Å². The van der Waals surface area contributed by atoms with Crippen molar-refractivity contribution in [2.24, 2.45) is 0 Å². The van der Waals surface area contributed by atoms with Crippen molar-refractivity contribution in [1.82, 2.24) is 10.3 Å². The molecule has 0 spiro atoms. The minimum absolute atomic E-state index is 0.222. The first-order chi connectivity index (χ1) is 11.7. The number of hydrogen-bond donors (Lipinski definition) is 2. The van der Waals surface area contributed by atoms with E-state index in [1.807, 2.05) is 0 Å². The summed E-state index contributed by atoms with van der Waals surface area (Å²) in [6, 6.07) is 3.57. The molecule has 1 amide bonds. The van der Waals surface area contributed by atoms with Crippen molar-refractivity contribution in [3.8, 4) is 5.75 Å². The van der Waals surface area contributed by atoms with Gasteiger partial charge in [0.05, 0.1) is 17.6 Å². The predicted octanol–water partition coefficient (Wildman–Crippen LogP) is 2.53. The average molecular weight is 346 g/mol. The standard InChI is InChI=1S/C17H18N2O4S/c20-16(19-8-9-23-11-4-3-7-18-10-11)14-12-5-1-2-6-13(12)15(24-14)17(21)22/h3-4,7,10H,1-2,5-6,8-9H2,(H,19,20)(H,21,22). The van der Waals surface area contributed by atoms with Crippen molar-refractivity contribution in [1.29, 1.82) is 0 Å².